The van der Waals surface area contributed by atoms with Gasteiger partial charge in [-0.25, -0.2) is 4.39 Å². The molecule has 1 aromatic heterocycles. The molecule has 0 radical (unpaired) electrons. The predicted molar refractivity (Wildman–Crippen MR) is 102 cm³/mol. The molecule has 0 fully saturated rings. The van der Waals surface area contributed by atoms with Gasteiger partial charge in [0.25, 0.3) is 5.91 Å². The number of anilines is 1. The van der Waals surface area contributed by atoms with Crippen molar-refractivity contribution in [3.05, 3.63) is 65.6 Å². The number of benzene rings is 2. The molecular weight excluding hydrogens is 347 g/mol. The number of hydrogen-bond donors (Lipinski definition) is 2. The van der Waals surface area contributed by atoms with Crippen LogP contribution in [0.4, 0.5) is 10.1 Å². The van der Waals surface area contributed by atoms with Crippen LogP contribution in [0.3, 0.4) is 0 Å². The molecule has 0 spiro atoms. The van der Waals surface area contributed by atoms with E-state index in [1.807, 2.05) is 30.5 Å². The summed E-state index contributed by atoms with van der Waals surface area (Å²) in [6, 6.07) is 12.4. The Morgan fingerprint density at radius 1 is 1.19 bits per heavy atom. The number of carbonyl (C=O) groups excluding carboxylic acids is 2. The standard InChI is InChI=1S/C21H21FN2O3/c1-14-9-10-16(11-18(14)22)24-20(25)13-27-21(26)8-4-5-15-12-23-19-7-3-2-6-17(15)19/h2-3,6-7,9-12,23H,4-5,8,13H2,1H3,(H,24,25). The van der Waals surface area contributed by atoms with Gasteiger partial charge in [0, 0.05) is 29.2 Å². The number of nitrogens with one attached hydrogen (secondary N) is 2. The minimum absolute atomic E-state index is 0.228. The van der Waals surface area contributed by atoms with Gasteiger partial charge in [0.1, 0.15) is 5.82 Å². The van der Waals surface area contributed by atoms with E-state index in [2.05, 4.69) is 10.3 Å². The van der Waals surface area contributed by atoms with Crippen molar-refractivity contribution in [1.29, 1.82) is 0 Å². The van der Waals surface area contributed by atoms with Crippen LogP contribution in [0.15, 0.2) is 48.7 Å². The van der Waals surface area contributed by atoms with Crippen LogP contribution in [-0.4, -0.2) is 23.5 Å². The summed E-state index contributed by atoms with van der Waals surface area (Å²) in [5.74, 6) is -1.33. The molecule has 0 bridgehead atoms. The molecule has 1 amide bonds. The molecular formula is C21H21FN2O3. The quantitative estimate of drug-likeness (QED) is 0.616. The number of rotatable bonds is 7. The molecule has 2 N–H and O–H groups in total. The van der Waals surface area contributed by atoms with Crippen molar-refractivity contribution in [3.63, 3.8) is 0 Å². The molecule has 1 heterocycles. The lowest BCUT2D eigenvalue weighted by molar-refractivity contribution is -0.147. The first-order valence-electron chi connectivity index (χ1n) is 8.79. The molecule has 3 rings (SSSR count). The number of ether oxygens (including phenoxy) is 1. The Bertz CT molecular complexity index is 965. The van der Waals surface area contributed by atoms with Crippen molar-refractivity contribution >= 4 is 28.5 Å². The van der Waals surface area contributed by atoms with Crippen molar-refractivity contribution in [2.75, 3.05) is 11.9 Å². The van der Waals surface area contributed by atoms with E-state index in [1.54, 1.807) is 19.1 Å². The van der Waals surface area contributed by atoms with Crippen LogP contribution >= 0.6 is 0 Å². The SMILES string of the molecule is Cc1ccc(NC(=O)COC(=O)CCCc2c[nH]c3ccccc23)cc1F. The van der Waals surface area contributed by atoms with Crippen LogP contribution < -0.4 is 5.32 Å². The summed E-state index contributed by atoms with van der Waals surface area (Å²) in [6.07, 6.45) is 3.55. The summed E-state index contributed by atoms with van der Waals surface area (Å²) in [7, 11) is 0. The molecule has 27 heavy (non-hydrogen) atoms. The van der Waals surface area contributed by atoms with Crippen molar-refractivity contribution < 1.29 is 18.7 Å². The molecule has 0 aliphatic heterocycles. The first kappa shape index (κ1) is 18.6. The topological polar surface area (TPSA) is 71.2 Å². The Morgan fingerprint density at radius 3 is 2.81 bits per heavy atom. The third kappa shape index (κ3) is 4.94. The van der Waals surface area contributed by atoms with Gasteiger partial charge < -0.3 is 15.0 Å². The van der Waals surface area contributed by atoms with E-state index in [0.717, 1.165) is 22.9 Å². The Hall–Kier alpha value is -3.15. The van der Waals surface area contributed by atoms with Gasteiger partial charge in [0.15, 0.2) is 6.61 Å². The highest BCUT2D eigenvalue weighted by Gasteiger charge is 2.10. The average molecular weight is 368 g/mol. The van der Waals surface area contributed by atoms with Gasteiger partial charge in [-0.05, 0) is 49.1 Å². The molecule has 5 nitrogen and oxygen atoms in total. The maximum absolute atomic E-state index is 13.5. The van der Waals surface area contributed by atoms with E-state index in [1.165, 1.54) is 6.07 Å². The molecule has 6 heteroatoms. The van der Waals surface area contributed by atoms with E-state index in [-0.39, 0.29) is 13.0 Å². The molecule has 2 aromatic carbocycles. The van der Waals surface area contributed by atoms with Gasteiger partial charge in [-0.2, -0.15) is 0 Å². The fourth-order valence-electron chi connectivity index (χ4n) is 2.85. The highest BCUT2D eigenvalue weighted by atomic mass is 19.1. The van der Waals surface area contributed by atoms with Crippen molar-refractivity contribution in [2.24, 2.45) is 0 Å². The van der Waals surface area contributed by atoms with Crippen molar-refractivity contribution in [1.82, 2.24) is 4.98 Å². The predicted octanol–water partition coefficient (Wildman–Crippen LogP) is 4.12. The van der Waals surface area contributed by atoms with Crippen LogP contribution in [-0.2, 0) is 20.7 Å². The van der Waals surface area contributed by atoms with Gasteiger partial charge in [0.05, 0.1) is 0 Å². The number of aromatic amines is 1. The van der Waals surface area contributed by atoms with Crippen LogP contribution in [0, 0.1) is 12.7 Å². The first-order chi connectivity index (χ1) is 13.0. The van der Waals surface area contributed by atoms with Gasteiger partial charge in [-0.15, -0.1) is 0 Å². The second-order valence-corrected chi connectivity index (χ2v) is 6.39. The number of halogens is 1. The zero-order valence-electron chi connectivity index (χ0n) is 15.0. The number of H-pyrrole nitrogens is 1. The van der Waals surface area contributed by atoms with Gasteiger partial charge in [-0.3, -0.25) is 9.59 Å². The number of amides is 1. The van der Waals surface area contributed by atoms with Crippen molar-refractivity contribution in [3.8, 4) is 0 Å². The average Bonchev–Trinajstić information content (AvgIpc) is 3.06. The third-order valence-corrected chi connectivity index (χ3v) is 4.32. The fourth-order valence-corrected chi connectivity index (χ4v) is 2.85. The Balaban J connectivity index is 1.40. The minimum atomic E-state index is -0.497. The molecule has 140 valence electrons. The highest BCUT2D eigenvalue weighted by Crippen LogP contribution is 2.19. The summed E-state index contributed by atoms with van der Waals surface area (Å²) in [4.78, 5) is 26.8. The second-order valence-electron chi connectivity index (χ2n) is 6.39. The van der Waals surface area contributed by atoms with E-state index >= 15 is 0 Å². The molecule has 3 aromatic rings. The lowest BCUT2D eigenvalue weighted by Gasteiger charge is -2.07. The highest BCUT2D eigenvalue weighted by molar-refractivity contribution is 5.92. The number of para-hydroxylation sites is 1. The monoisotopic (exact) mass is 368 g/mol. The molecule has 0 aliphatic carbocycles. The largest absolute Gasteiger partial charge is 0.456 e. The zero-order valence-corrected chi connectivity index (χ0v) is 15.0. The molecule has 0 saturated heterocycles. The fraction of sp³-hybridized carbons (Fsp3) is 0.238. The van der Waals surface area contributed by atoms with Crippen LogP contribution in [0.2, 0.25) is 0 Å². The summed E-state index contributed by atoms with van der Waals surface area (Å²) in [6.45, 7) is 1.25. The molecule has 0 saturated carbocycles. The van der Waals surface area contributed by atoms with E-state index < -0.39 is 17.7 Å². The summed E-state index contributed by atoms with van der Waals surface area (Å²) < 4.78 is 18.4. The number of esters is 1. The summed E-state index contributed by atoms with van der Waals surface area (Å²) in [5, 5.41) is 3.65. The summed E-state index contributed by atoms with van der Waals surface area (Å²) >= 11 is 0. The number of aromatic nitrogens is 1. The van der Waals surface area contributed by atoms with Gasteiger partial charge >= 0.3 is 5.97 Å². The first-order valence-corrected chi connectivity index (χ1v) is 8.79. The van der Waals surface area contributed by atoms with Gasteiger partial charge in [0.2, 0.25) is 0 Å². The lowest BCUT2D eigenvalue weighted by atomic mass is 10.1. The van der Waals surface area contributed by atoms with Crippen LogP contribution in [0.25, 0.3) is 10.9 Å². The van der Waals surface area contributed by atoms with Gasteiger partial charge in [-0.1, -0.05) is 24.3 Å². The number of fused-ring (bicyclic) bond motifs is 1. The van der Waals surface area contributed by atoms with E-state index in [0.29, 0.717) is 17.7 Å². The van der Waals surface area contributed by atoms with Crippen molar-refractivity contribution in [2.45, 2.75) is 26.2 Å². The Kier molecular flexibility index (Phi) is 5.86. The molecule has 0 atom stereocenters. The summed E-state index contributed by atoms with van der Waals surface area (Å²) in [5.41, 5.74) is 3.05. The maximum atomic E-state index is 13.5. The van der Waals surface area contributed by atoms with Crippen LogP contribution in [0.1, 0.15) is 24.0 Å². The molecule has 0 aliphatic rings. The minimum Gasteiger partial charge on any atom is -0.456 e. The maximum Gasteiger partial charge on any atom is 0.306 e. The number of hydrogen-bond acceptors (Lipinski definition) is 3. The molecule has 0 unspecified atom stereocenters. The normalized spacial score (nSPS) is 10.7. The zero-order chi connectivity index (χ0) is 19.2. The lowest BCUT2D eigenvalue weighted by Crippen LogP contribution is -2.21. The second kappa shape index (κ2) is 8.49. The Labute approximate surface area is 156 Å². The van der Waals surface area contributed by atoms with Crippen LogP contribution in [0.5, 0.6) is 0 Å². The van der Waals surface area contributed by atoms with E-state index in [4.69, 9.17) is 4.74 Å². The number of aryl methyl sites for hydroxylation is 2. The van der Waals surface area contributed by atoms with E-state index in [9.17, 15) is 14.0 Å². The third-order valence-electron chi connectivity index (χ3n) is 4.32. The Morgan fingerprint density at radius 2 is 2.00 bits per heavy atom. The smallest absolute Gasteiger partial charge is 0.306 e. The number of carbonyl (C=O) groups is 2.